The second-order valence-electron chi connectivity index (χ2n) is 8.17. The average Bonchev–Trinajstić information content (AvgIpc) is 3.36. The largest absolute Gasteiger partial charge is 0.467 e. The number of aromatic nitrogens is 2. The van der Waals surface area contributed by atoms with Crippen molar-refractivity contribution < 1.29 is 19.1 Å². The summed E-state index contributed by atoms with van der Waals surface area (Å²) in [6, 6.07) is 3.47. The lowest BCUT2D eigenvalue weighted by Crippen LogP contribution is -2.42. The zero-order valence-electron chi connectivity index (χ0n) is 17.5. The fraction of sp³-hybridized carbons (Fsp3) is 0.476. The predicted molar refractivity (Wildman–Crippen MR) is 115 cm³/mol. The molecule has 0 spiro atoms. The van der Waals surface area contributed by atoms with E-state index in [4.69, 9.17) is 9.15 Å². The van der Waals surface area contributed by atoms with Gasteiger partial charge in [0, 0.05) is 24.4 Å². The highest BCUT2D eigenvalue weighted by atomic mass is 32.1. The highest BCUT2D eigenvalue weighted by molar-refractivity contribution is 7.18. The lowest BCUT2D eigenvalue weighted by Gasteiger charge is -2.29. The molecule has 0 atom stereocenters. The summed E-state index contributed by atoms with van der Waals surface area (Å²) in [6.45, 7) is 4.20. The molecule has 0 fully saturated rings. The number of aliphatic hydroxyl groups excluding tert-OH is 1. The molecule has 0 aliphatic carbocycles. The molecule has 3 aromatic rings. The Morgan fingerprint density at radius 3 is 2.84 bits per heavy atom. The van der Waals surface area contributed by atoms with Gasteiger partial charge < -0.3 is 19.6 Å². The van der Waals surface area contributed by atoms with Crippen molar-refractivity contribution in [1.82, 2.24) is 14.5 Å². The highest BCUT2D eigenvalue weighted by Crippen LogP contribution is 2.37. The molecule has 0 saturated carbocycles. The molecule has 1 amide bonds. The van der Waals surface area contributed by atoms with Crippen LogP contribution in [0, 0.1) is 0 Å². The lowest BCUT2D eigenvalue weighted by molar-refractivity contribution is -0.121. The summed E-state index contributed by atoms with van der Waals surface area (Å²) < 4.78 is 13.6. The quantitative estimate of drug-likeness (QED) is 0.565. The highest BCUT2D eigenvalue weighted by Gasteiger charge is 2.32. The molecule has 0 radical (unpaired) electrons. The number of thiophene rings is 1. The third kappa shape index (κ3) is 4.23. The normalized spacial score (nSPS) is 15.2. The summed E-state index contributed by atoms with van der Waals surface area (Å²) >= 11 is 1.32. The Balaban J connectivity index is 1.77. The van der Waals surface area contributed by atoms with Gasteiger partial charge in [-0.3, -0.25) is 18.7 Å². The first-order chi connectivity index (χ1) is 14.8. The number of carbonyl (C=O) groups is 1. The van der Waals surface area contributed by atoms with Crippen molar-refractivity contribution in [3.63, 3.8) is 0 Å². The number of nitrogens with zero attached hydrogens (tertiary/aromatic N) is 2. The van der Waals surface area contributed by atoms with Gasteiger partial charge in [-0.25, -0.2) is 4.79 Å². The van der Waals surface area contributed by atoms with Crippen LogP contribution in [0.2, 0.25) is 0 Å². The molecule has 2 N–H and O–H groups in total. The molecule has 0 bridgehead atoms. The molecular formula is C21H25N3O6S. The predicted octanol–water partition coefficient (Wildman–Crippen LogP) is 1.37. The van der Waals surface area contributed by atoms with Gasteiger partial charge in [0.15, 0.2) is 0 Å². The van der Waals surface area contributed by atoms with Crippen LogP contribution in [0.5, 0.6) is 0 Å². The van der Waals surface area contributed by atoms with Crippen molar-refractivity contribution in [2.45, 2.75) is 58.5 Å². The molecule has 0 aromatic carbocycles. The number of amides is 1. The van der Waals surface area contributed by atoms with Crippen LogP contribution in [0.4, 0.5) is 0 Å². The molecule has 4 rings (SSSR count). The lowest BCUT2D eigenvalue weighted by atomic mass is 9.94. The maximum absolute atomic E-state index is 13.2. The maximum atomic E-state index is 13.2. The first-order valence-electron chi connectivity index (χ1n) is 10.1. The van der Waals surface area contributed by atoms with Crippen LogP contribution in [0.1, 0.15) is 36.5 Å². The smallest absolute Gasteiger partial charge is 0.332 e. The Morgan fingerprint density at radius 1 is 1.32 bits per heavy atom. The SMILES string of the molecule is CC1(C)Cc2c(sc3c2c(=O)n(CCCO)c(=O)n3CC(=O)NCc2ccco2)CO1. The van der Waals surface area contributed by atoms with E-state index in [1.807, 2.05) is 13.8 Å². The monoisotopic (exact) mass is 447 g/mol. The minimum atomic E-state index is -0.558. The number of carbonyl (C=O) groups excluding carboxylic acids is 1. The fourth-order valence-corrected chi connectivity index (χ4v) is 4.98. The van der Waals surface area contributed by atoms with Crippen molar-refractivity contribution in [1.29, 1.82) is 0 Å². The summed E-state index contributed by atoms with van der Waals surface area (Å²) in [5.41, 5.74) is -0.484. The Hall–Kier alpha value is -2.69. The van der Waals surface area contributed by atoms with Crippen molar-refractivity contribution >= 4 is 27.5 Å². The summed E-state index contributed by atoms with van der Waals surface area (Å²) in [4.78, 5) is 40.4. The second kappa shape index (κ2) is 8.45. The van der Waals surface area contributed by atoms with E-state index in [9.17, 15) is 19.5 Å². The van der Waals surface area contributed by atoms with Gasteiger partial charge in [0.05, 0.1) is 30.4 Å². The zero-order chi connectivity index (χ0) is 22.2. The van der Waals surface area contributed by atoms with Gasteiger partial charge in [0.2, 0.25) is 5.91 Å². The fourth-order valence-electron chi connectivity index (χ4n) is 3.77. The first kappa shape index (κ1) is 21.5. The molecule has 9 nitrogen and oxygen atoms in total. The average molecular weight is 448 g/mol. The van der Waals surface area contributed by atoms with E-state index < -0.39 is 11.3 Å². The molecule has 3 aromatic heterocycles. The van der Waals surface area contributed by atoms with Crippen LogP contribution in [0.15, 0.2) is 32.4 Å². The van der Waals surface area contributed by atoms with Crippen LogP contribution in [-0.4, -0.2) is 32.4 Å². The van der Waals surface area contributed by atoms with Crippen molar-refractivity contribution in [2.75, 3.05) is 6.61 Å². The minimum absolute atomic E-state index is 0.0859. The Labute approximate surface area is 181 Å². The molecule has 31 heavy (non-hydrogen) atoms. The van der Waals surface area contributed by atoms with Gasteiger partial charge in [-0.1, -0.05) is 0 Å². The Morgan fingerprint density at radius 2 is 2.13 bits per heavy atom. The molecule has 10 heteroatoms. The summed E-state index contributed by atoms with van der Waals surface area (Å²) in [7, 11) is 0. The molecule has 4 heterocycles. The summed E-state index contributed by atoms with van der Waals surface area (Å²) in [5, 5.41) is 12.4. The van der Waals surface area contributed by atoms with Crippen molar-refractivity contribution in [2.24, 2.45) is 0 Å². The van der Waals surface area contributed by atoms with Crippen LogP contribution in [-0.2, 0) is 42.2 Å². The van der Waals surface area contributed by atoms with E-state index in [0.29, 0.717) is 29.0 Å². The van der Waals surface area contributed by atoms with E-state index in [1.165, 1.54) is 22.2 Å². The summed E-state index contributed by atoms with van der Waals surface area (Å²) in [5.74, 6) is 0.236. The van der Waals surface area contributed by atoms with Gasteiger partial charge in [-0.05, 0) is 38.0 Å². The number of nitrogens with one attached hydrogen (secondary N) is 1. The molecule has 0 saturated heterocycles. The third-order valence-corrected chi connectivity index (χ3v) is 6.54. The minimum Gasteiger partial charge on any atom is -0.467 e. The second-order valence-corrected chi connectivity index (χ2v) is 9.25. The number of ether oxygens (including phenoxy) is 1. The molecule has 1 aliphatic heterocycles. The Kier molecular flexibility index (Phi) is 5.87. The van der Waals surface area contributed by atoms with Gasteiger partial charge in [0.1, 0.15) is 17.1 Å². The van der Waals surface area contributed by atoms with Gasteiger partial charge in [-0.2, -0.15) is 0 Å². The van der Waals surface area contributed by atoms with Crippen LogP contribution in [0.25, 0.3) is 10.2 Å². The van der Waals surface area contributed by atoms with Gasteiger partial charge >= 0.3 is 5.69 Å². The van der Waals surface area contributed by atoms with Gasteiger partial charge in [0.25, 0.3) is 5.56 Å². The summed E-state index contributed by atoms with van der Waals surface area (Å²) in [6.07, 6.45) is 2.33. The van der Waals surface area contributed by atoms with Gasteiger partial charge in [-0.15, -0.1) is 11.3 Å². The topological polar surface area (TPSA) is 116 Å². The van der Waals surface area contributed by atoms with E-state index in [2.05, 4.69) is 5.32 Å². The van der Waals surface area contributed by atoms with E-state index >= 15 is 0 Å². The van der Waals surface area contributed by atoms with Crippen molar-refractivity contribution in [3.8, 4) is 0 Å². The van der Waals surface area contributed by atoms with Crippen molar-refractivity contribution in [3.05, 3.63) is 55.4 Å². The number of hydrogen-bond donors (Lipinski definition) is 2. The first-order valence-corrected chi connectivity index (χ1v) is 10.9. The molecular weight excluding hydrogens is 422 g/mol. The number of hydrogen-bond acceptors (Lipinski definition) is 7. The van der Waals surface area contributed by atoms with E-state index in [-0.39, 0.29) is 44.1 Å². The van der Waals surface area contributed by atoms with Crippen LogP contribution < -0.4 is 16.6 Å². The molecule has 166 valence electrons. The van der Waals surface area contributed by atoms with Crippen LogP contribution in [0.3, 0.4) is 0 Å². The number of aliphatic hydroxyl groups is 1. The molecule has 1 aliphatic rings. The van der Waals surface area contributed by atoms with Crippen LogP contribution >= 0.6 is 11.3 Å². The van der Waals surface area contributed by atoms with E-state index in [1.54, 1.807) is 12.1 Å². The standard InChI is InChI=1S/C21H25N3O6S/c1-21(2)9-14-15(12-30-21)31-19-17(14)18(27)23(6-4-7-25)20(28)24(19)11-16(26)22-10-13-5-3-8-29-13/h3,5,8,25H,4,6-7,9-12H2,1-2H3,(H,22,26). The maximum Gasteiger partial charge on any atom is 0.332 e. The zero-order valence-corrected chi connectivity index (χ0v) is 18.3. The molecule has 0 unspecified atom stereocenters. The number of furan rings is 1. The number of fused-ring (bicyclic) bond motifs is 3. The van der Waals surface area contributed by atoms with E-state index in [0.717, 1.165) is 15.0 Å². The number of rotatable bonds is 7. The third-order valence-electron chi connectivity index (χ3n) is 5.32. The Bertz CT molecular complexity index is 1220.